The van der Waals surface area contributed by atoms with Gasteiger partial charge in [0.05, 0.1) is 7.11 Å². The fourth-order valence-electron chi connectivity index (χ4n) is 2.22. The first-order valence-electron chi connectivity index (χ1n) is 6.93. The Bertz CT molecular complexity index is 520. The summed E-state index contributed by atoms with van der Waals surface area (Å²) in [5.74, 6) is 0.660. The summed E-state index contributed by atoms with van der Waals surface area (Å²) in [5, 5.41) is 3.38. The predicted octanol–water partition coefficient (Wildman–Crippen LogP) is 2.77. The van der Waals surface area contributed by atoms with Crippen LogP contribution in [-0.4, -0.2) is 25.2 Å². The zero-order chi connectivity index (χ0) is 14.4. The van der Waals surface area contributed by atoms with E-state index in [1.807, 2.05) is 19.3 Å². The second kappa shape index (κ2) is 7.06. The highest BCUT2D eigenvalue weighted by molar-refractivity contribution is 5.23. The molecule has 1 aromatic carbocycles. The molecule has 0 saturated carbocycles. The van der Waals surface area contributed by atoms with Crippen molar-refractivity contribution in [1.82, 2.24) is 10.3 Å². The number of pyridine rings is 1. The predicted molar refractivity (Wildman–Crippen MR) is 82.2 cm³/mol. The molecule has 0 saturated heterocycles. The highest BCUT2D eigenvalue weighted by Gasteiger charge is 2.09. The number of likely N-dealkylation sites (N-methyl/N-ethyl adjacent to an activating group) is 1. The molecule has 1 aromatic heterocycles. The number of aryl methyl sites for hydroxylation is 1. The van der Waals surface area contributed by atoms with E-state index in [1.165, 1.54) is 16.7 Å². The van der Waals surface area contributed by atoms with E-state index in [1.54, 1.807) is 7.11 Å². The van der Waals surface area contributed by atoms with Gasteiger partial charge in [0.15, 0.2) is 0 Å². The molecule has 106 valence electrons. The van der Waals surface area contributed by atoms with E-state index >= 15 is 0 Å². The monoisotopic (exact) mass is 270 g/mol. The minimum atomic E-state index is 0.410. The van der Waals surface area contributed by atoms with Crippen molar-refractivity contribution in [3.05, 3.63) is 59.3 Å². The van der Waals surface area contributed by atoms with Crippen LogP contribution in [0.2, 0.25) is 0 Å². The van der Waals surface area contributed by atoms with Gasteiger partial charge in [0, 0.05) is 18.3 Å². The molecule has 0 fully saturated rings. The van der Waals surface area contributed by atoms with Gasteiger partial charge in [-0.1, -0.05) is 35.9 Å². The largest absolute Gasteiger partial charge is 0.481 e. The lowest BCUT2D eigenvalue weighted by molar-refractivity contribution is 0.397. The van der Waals surface area contributed by atoms with Gasteiger partial charge in [-0.3, -0.25) is 0 Å². The van der Waals surface area contributed by atoms with Crippen LogP contribution in [0.1, 0.15) is 16.7 Å². The van der Waals surface area contributed by atoms with Crippen LogP contribution in [0.4, 0.5) is 0 Å². The number of hydrogen-bond donors (Lipinski definition) is 1. The highest BCUT2D eigenvalue weighted by atomic mass is 16.5. The maximum Gasteiger partial charge on any atom is 0.212 e. The van der Waals surface area contributed by atoms with Crippen LogP contribution in [0.3, 0.4) is 0 Å². The third kappa shape index (κ3) is 4.07. The minimum absolute atomic E-state index is 0.410. The van der Waals surface area contributed by atoms with Crippen LogP contribution in [0.5, 0.6) is 5.88 Å². The van der Waals surface area contributed by atoms with E-state index in [2.05, 4.69) is 47.6 Å². The van der Waals surface area contributed by atoms with Crippen LogP contribution < -0.4 is 10.1 Å². The molecule has 1 unspecified atom stereocenters. The number of nitrogens with zero attached hydrogens (tertiary/aromatic N) is 1. The van der Waals surface area contributed by atoms with Crippen molar-refractivity contribution >= 4 is 0 Å². The lowest BCUT2D eigenvalue weighted by Gasteiger charge is -2.16. The van der Waals surface area contributed by atoms with E-state index in [0.717, 1.165) is 12.8 Å². The fourth-order valence-corrected chi connectivity index (χ4v) is 2.22. The second-order valence-electron chi connectivity index (χ2n) is 5.09. The maximum absolute atomic E-state index is 5.08. The van der Waals surface area contributed by atoms with Gasteiger partial charge in [-0.2, -0.15) is 0 Å². The van der Waals surface area contributed by atoms with E-state index in [4.69, 9.17) is 4.74 Å². The number of ether oxygens (including phenoxy) is 1. The lowest BCUT2D eigenvalue weighted by atomic mass is 9.99. The van der Waals surface area contributed by atoms with Gasteiger partial charge in [-0.05, 0) is 37.9 Å². The van der Waals surface area contributed by atoms with Crippen molar-refractivity contribution in [2.45, 2.75) is 25.8 Å². The minimum Gasteiger partial charge on any atom is -0.481 e. The molecular weight excluding hydrogens is 248 g/mol. The fraction of sp³-hybridized carbons (Fsp3) is 0.353. The van der Waals surface area contributed by atoms with Gasteiger partial charge in [-0.25, -0.2) is 4.98 Å². The van der Waals surface area contributed by atoms with Crippen molar-refractivity contribution in [3.63, 3.8) is 0 Å². The number of nitrogens with one attached hydrogen (secondary N) is 1. The Balaban J connectivity index is 1.99. The van der Waals surface area contributed by atoms with Crippen molar-refractivity contribution in [1.29, 1.82) is 0 Å². The zero-order valence-corrected chi connectivity index (χ0v) is 12.4. The Morgan fingerprint density at radius 1 is 1.05 bits per heavy atom. The Kier molecular flexibility index (Phi) is 5.13. The third-order valence-electron chi connectivity index (χ3n) is 3.50. The number of rotatable bonds is 6. The summed E-state index contributed by atoms with van der Waals surface area (Å²) in [7, 11) is 3.64. The van der Waals surface area contributed by atoms with Crippen LogP contribution in [-0.2, 0) is 12.8 Å². The molecule has 0 spiro atoms. The Labute approximate surface area is 121 Å². The number of hydrogen-bond acceptors (Lipinski definition) is 3. The van der Waals surface area contributed by atoms with Gasteiger partial charge >= 0.3 is 0 Å². The van der Waals surface area contributed by atoms with Crippen LogP contribution in [0.25, 0.3) is 0 Å². The summed E-state index contributed by atoms with van der Waals surface area (Å²) in [6, 6.07) is 13.1. The molecule has 3 nitrogen and oxygen atoms in total. The first-order valence-corrected chi connectivity index (χ1v) is 6.93. The molecule has 0 amide bonds. The molecule has 1 atom stereocenters. The molecule has 3 heteroatoms. The quantitative estimate of drug-likeness (QED) is 0.876. The Morgan fingerprint density at radius 3 is 2.25 bits per heavy atom. The van der Waals surface area contributed by atoms with E-state index < -0.39 is 0 Å². The molecule has 20 heavy (non-hydrogen) atoms. The summed E-state index contributed by atoms with van der Waals surface area (Å²) >= 11 is 0. The molecule has 0 bridgehead atoms. The molecule has 0 aliphatic rings. The molecule has 1 heterocycles. The van der Waals surface area contributed by atoms with Gasteiger partial charge < -0.3 is 10.1 Å². The standard InChI is InChI=1S/C17H22N2O/c1-13-4-6-14(7-5-13)10-16(18-2)11-15-8-9-17(20-3)19-12-15/h4-9,12,16,18H,10-11H2,1-3H3. The highest BCUT2D eigenvalue weighted by Crippen LogP contribution is 2.12. The molecule has 2 aromatic rings. The summed E-state index contributed by atoms with van der Waals surface area (Å²) < 4.78 is 5.08. The number of methoxy groups -OCH3 is 1. The normalized spacial score (nSPS) is 12.2. The third-order valence-corrected chi connectivity index (χ3v) is 3.50. The van der Waals surface area contributed by atoms with Crippen molar-refractivity contribution in [2.75, 3.05) is 14.2 Å². The average molecular weight is 270 g/mol. The zero-order valence-electron chi connectivity index (χ0n) is 12.4. The number of benzene rings is 1. The maximum atomic E-state index is 5.08. The van der Waals surface area contributed by atoms with Crippen LogP contribution in [0.15, 0.2) is 42.6 Å². The molecule has 0 aliphatic carbocycles. The Hall–Kier alpha value is -1.87. The van der Waals surface area contributed by atoms with E-state index in [9.17, 15) is 0 Å². The van der Waals surface area contributed by atoms with Gasteiger partial charge in [0.25, 0.3) is 0 Å². The average Bonchev–Trinajstić information content (AvgIpc) is 2.49. The first kappa shape index (κ1) is 14.5. The summed E-state index contributed by atoms with van der Waals surface area (Å²) in [5.41, 5.74) is 3.88. The van der Waals surface area contributed by atoms with Gasteiger partial charge in [0.1, 0.15) is 0 Å². The second-order valence-corrected chi connectivity index (χ2v) is 5.09. The summed E-state index contributed by atoms with van der Waals surface area (Å²) in [6.07, 6.45) is 3.86. The van der Waals surface area contributed by atoms with E-state index in [0.29, 0.717) is 11.9 Å². The molecule has 0 aliphatic heterocycles. The lowest BCUT2D eigenvalue weighted by Crippen LogP contribution is -2.29. The van der Waals surface area contributed by atoms with Gasteiger partial charge in [-0.15, -0.1) is 0 Å². The molecule has 0 radical (unpaired) electrons. The molecular formula is C17H22N2O. The van der Waals surface area contributed by atoms with E-state index in [-0.39, 0.29) is 0 Å². The van der Waals surface area contributed by atoms with Crippen LogP contribution in [0, 0.1) is 6.92 Å². The van der Waals surface area contributed by atoms with Gasteiger partial charge in [0.2, 0.25) is 5.88 Å². The Morgan fingerprint density at radius 2 is 1.70 bits per heavy atom. The van der Waals surface area contributed by atoms with Crippen molar-refractivity contribution in [3.8, 4) is 5.88 Å². The summed E-state index contributed by atoms with van der Waals surface area (Å²) in [4.78, 5) is 4.25. The SMILES string of the molecule is CNC(Cc1ccc(C)cc1)Cc1ccc(OC)nc1. The van der Waals surface area contributed by atoms with Crippen molar-refractivity contribution < 1.29 is 4.74 Å². The van der Waals surface area contributed by atoms with Crippen LogP contribution >= 0.6 is 0 Å². The summed E-state index contributed by atoms with van der Waals surface area (Å²) in [6.45, 7) is 2.11. The smallest absolute Gasteiger partial charge is 0.212 e. The first-order chi connectivity index (χ1) is 9.71. The van der Waals surface area contributed by atoms with Crippen molar-refractivity contribution in [2.24, 2.45) is 0 Å². The topological polar surface area (TPSA) is 34.1 Å². The number of aromatic nitrogens is 1. The molecule has 1 N–H and O–H groups in total. The molecule has 2 rings (SSSR count).